The number of amides is 1. The molecule has 1 aromatic carbocycles. The maximum atomic E-state index is 13.7. The number of ether oxygens (including phenoxy) is 1. The van der Waals surface area contributed by atoms with E-state index in [-0.39, 0.29) is 29.0 Å². The molecule has 2 rings (SSSR count). The van der Waals surface area contributed by atoms with Crippen molar-refractivity contribution in [3.05, 3.63) is 24.0 Å². The molecule has 1 fully saturated rings. The summed E-state index contributed by atoms with van der Waals surface area (Å²) in [6.07, 6.45) is 2.82. The van der Waals surface area contributed by atoms with E-state index in [1.165, 1.54) is 6.07 Å². The predicted molar refractivity (Wildman–Crippen MR) is 76.3 cm³/mol. The SMILES string of the molecule is O=C(CCC1CCCO1)Nc1ccc(S(=O)(=O)Cl)cc1F. The van der Waals surface area contributed by atoms with E-state index in [0.29, 0.717) is 6.42 Å². The standard InChI is InChI=1S/C13H15ClFNO4S/c14-21(18,19)10-4-5-12(11(15)8-10)16-13(17)6-3-9-2-1-7-20-9/h4-5,8-9H,1-3,6-7H2,(H,16,17). The summed E-state index contributed by atoms with van der Waals surface area (Å²) < 4.78 is 41.2. The van der Waals surface area contributed by atoms with Crippen LogP contribution >= 0.6 is 10.7 Å². The lowest BCUT2D eigenvalue weighted by Crippen LogP contribution is -2.16. The Morgan fingerprint density at radius 2 is 2.24 bits per heavy atom. The normalized spacial score (nSPS) is 18.7. The quantitative estimate of drug-likeness (QED) is 0.840. The van der Waals surface area contributed by atoms with Crippen molar-refractivity contribution in [3.63, 3.8) is 0 Å². The van der Waals surface area contributed by atoms with Gasteiger partial charge in [-0.15, -0.1) is 0 Å². The largest absolute Gasteiger partial charge is 0.378 e. The fraction of sp³-hybridized carbons (Fsp3) is 0.462. The lowest BCUT2D eigenvalue weighted by atomic mass is 10.1. The monoisotopic (exact) mass is 335 g/mol. The molecule has 1 amide bonds. The summed E-state index contributed by atoms with van der Waals surface area (Å²) in [6.45, 7) is 0.718. The molecule has 1 heterocycles. The predicted octanol–water partition coefficient (Wildman–Crippen LogP) is 2.65. The zero-order valence-corrected chi connectivity index (χ0v) is 12.7. The van der Waals surface area contributed by atoms with Crippen molar-refractivity contribution in [2.45, 2.75) is 36.7 Å². The minimum atomic E-state index is -3.99. The molecule has 0 radical (unpaired) electrons. The van der Waals surface area contributed by atoms with Crippen LogP contribution in [-0.4, -0.2) is 27.0 Å². The van der Waals surface area contributed by atoms with Gasteiger partial charge in [-0.3, -0.25) is 4.79 Å². The molecule has 5 nitrogen and oxygen atoms in total. The lowest BCUT2D eigenvalue weighted by molar-refractivity contribution is -0.116. The maximum Gasteiger partial charge on any atom is 0.261 e. The van der Waals surface area contributed by atoms with E-state index in [1.807, 2.05) is 0 Å². The number of halogens is 2. The first-order chi connectivity index (χ1) is 9.86. The van der Waals surface area contributed by atoms with E-state index >= 15 is 0 Å². The van der Waals surface area contributed by atoms with Crippen LogP contribution in [0, 0.1) is 5.82 Å². The van der Waals surface area contributed by atoms with E-state index in [4.69, 9.17) is 15.4 Å². The summed E-state index contributed by atoms with van der Waals surface area (Å²) in [4.78, 5) is 11.4. The van der Waals surface area contributed by atoms with Gasteiger partial charge < -0.3 is 10.1 Å². The third-order valence-corrected chi connectivity index (χ3v) is 4.57. The van der Waals surface area contributed by atoms with Gasteiger partial charge in [0, 0.05) is 23.7 Å². The number of nitrogens with one attached hydrogen (secondary N) is 1. The molecular weight excluding hydrogens is 321 g/mol. The van der Waals surface area contributed by atoms with Gasteiger partial charge in [-0.05, 0) is 37.5 Å². The highest BCUT2D eigenvalue weighted by Gasteiger charge is 2.18. The van der Waals surface area contributed by atoms with Crippen molar-refractivity contribution in [1.29, 1.82) is 0 Å². The highest BCUT2D eigenvalue weighted by Crippen LogP contribution is 2.22. The average molecular weight is 336 g/mol. The number of rotatable bonds is 5. The summed E-state index contributed by atoms with van der Waals surface area (Å²) in [5.41, 5.74) is -0.0728. The second-order valence-electron chi connectivity index (χ2n) is 4.80. The molecule has 0 saturated carbocycles. The van der Waals surface area contributed by atoms with Gasteiger partial charge in [-0.1, -0.05) is 0 Å². The Labute approximate surface area is 126 Å². The summed E-state index contributed by atoms with van der Waals surface area (Å²) in [7, 11) is 1.13. The highest BCUT2D eigenvalue weighted by molar-refractivity contribution is 8.13. The van der Waals surface area contributed by atoms with E-state index in [1.54, 1.807) is 0 Å². The maximum absolute atomic E-state index is 13.7. The van der Waals surface area contributed by atoms with Crippen molar-refractivity contribution < 1.29 is 22.3 Å². The zero-order chi connectivity index (χ0) is 15.5. The van der Waals surface area contributed by atoms with Crippen molar-refractivity contribution in [1.82, 2.24) is 0 Å². The van der Waals surface area contributed by atoms with Crippen LogP contribution in [0.2, 0.25) is 0 Å². The van der Waals surface area contributed by atoms with Crippen LogP contribution in [0.25, 0.3) is 0 Å². The molecule has 8 heteroatoms. The molecule has 21 heavy (non-hydrogen) atoms. The molecule has 1 unspecified atom stereocenters. The van der Waals surface area contributed by atoms with Crippen LogP contribution in [0.1, 0.15) is 25.7 Å². The minimum absolute atomic E-state index is 0.0728. The third-order valence-electron chi connectivity index (χ3n) is 3.21. The van der Waals surface area contributed by atoms with Gasteiger partial charge in [0.15, 0.2) is 0 Å². The molecule has 1 N–H and O–H groups in total. The van der Waals surface area contributed by atoms with Crippen molar-refractivity contribution in [2.24, 2.45) is 0 Å². The molecular formula is C13H15ClFNO4S. The number of benzene rings is 1. The number of carbonyl (C=O) groups is 1. The summed E-state index contributed by atoms with van der Waals surface area (Å²) >= 11 is 0. The first-order valence-electron chi connectivity index (χ1n) is 6.52. The second-order valence-corrected chi connectivity index (χ2v) is 7.37. The number of carbonyl (C=O) groups excluding carboxylic acids is 1. The number of hydrogen-bond acceptors (Lipinski definition) is 4. The molecule has 1 atom stereocenters. The summed E-state index contributed by atoms with van der Waals surface area (Å²) in [5, 5.41) is 2.41. The van der Waals surface area contributed by atoms with Crippen molar-refractivity contribution in [2.75, 3.05) is 11.9 Å². The van der Waals surface area contributed by atoms with E-state index in [9.17, 15) is 17.6 Å². The molecule has 1 aliphatic heterocycles. The first kappa shape index (κ1) is 16.2. The van der Waals surface area contributed by atoms with Crippen LogP contribution in [0.5, 0.6) is 0 Å². The molecule has 1 saturated heterocycles. The second kappa shape index (κ2) is 6.72. The first-order valence-corrected chi connectivity index (χ1v) is 8.83. The molecule has 0 bridgehead atoms. The number of hydrogen-bond donors (Lipinski definition) is 1. The Kier molecular flexibility index (Phi) is 5.18. The van der Waals surface area contributed by atoms with Crippen LogP contribution in [0.3, 0.4) is 0 Å². The fourth-order valence-corrected chi connectivity index (χ4v) is 2.89. The Morgan fingerprint density at radius 3 is 2.81 bits per heavy atom. The lowest BCUT2D eigenvalue weighted by Gasteiger charge is -2.10. The van der Waals surface area contributed by atoms with Crippen molar-refractivity contribution in [3.8, 4) is 0 Å². The highest BCUT2D eigenvalue weighted by atomic mass is 35.7. The Morgan fingerprint density at radius 1 is 1.48 bits per heavy atom. The molecule has 1 aromatic rings. The molecule has 116 valence electrons. The van der Waals surface area contributed by atoms with Gasteiger partial charge in [0.2, 0.25) is 5.91 Å². The minimum Gasteiger partial charge on any atom is -0.378 e. The Hall–Kier alpha value is -1.18. The van der Waals surface area contributed by atoms with Crippen LogP contribution < -0.4 is 5.32 Å². The molecule has 0 spiro atoms. The fourth-order valence-electron chi connectivity index (χ4n) is 2.13. The Bertz CT molecular complexity index is 629. The zero-order valence-electron chi connectivity index (χ0n) is 11.1. The van der Waals surface area contributed by atoms with Gasteiger partial charge in [-0.2, -0.15) is 0 Å². The number of anilines is 1. The van der Waals surface area contributed by atoms with E-state index in [2.05, 4.69) is 5.32 Å². The smallest absolute Gasteiger partial charge is 0.261 e. The molecule has 0 aromatic heterocycles. The molecule has 0 aliphatic carbocycles. The van der Waals surface area contributed by atoms with Gasteiger partial charge in [0.1, 0.15) is 5.82 Å². The van der Waals surface area contributed by atoms with Gasteiger partial charge >= 0.3 is 0 Å². The van der Waals surface area contributed by atoms with Gasteiger partial charge in [0.05, 0.1) is 16.7 Å². The average Bonchev–Trinajstić information content (AvgIpc) is 2.91. The summed E-state index contributed by atoms with van der Waals surface area (Å²) in [5.74, 6) is -1.19. The van der Waals surface area contributed by atoms with Gasteiger partial charge in [-0.25, -0.2) is 12.8 Å². The van der Waals surface area contributed by atoms with Crippen LogP contribution in [0.15, 0.2) is 23.1 Å². The third kappa shape index (κ3) is 4.66. The van der Waals surface area contributed by atoms with Gasteiger partial charge in [0.25, 0.3) is 9.05 Å². The molecule has 1 aliphatic rings. The summed E-state index contributed by atoms with van der Waals surface area (Å²) in [6, 6.07) is 3.09. The van der Waals surface area contributed by atoms with E-state index in [0.717, 1.165) is 31.6 Å². The van der Waals surface area contributed by atoms with E-state index < -0.39 is 14.9 Å². The van der Waals surface area contributed by atoms with Crippen molar-refractivity contribution >= 4 is 31.3 Å². The van der Waals surface area contributed by atoms with Crippen LogP contribution in [0.4, 0.5) is 10.1 Å². The Balaban J connectivity index is 1.94. The van der Waals surface area contributed by atoms with Crippen LogP contribution in [-0.2, 0) is 18.6 Å². The topological polar surface area (TPSA) is 72.5 Å².